The summed E-state index contributed by atoms with van der Waals surface area (Å²) in [5, 5.41) is 7.60. The highest BCUT2D eigenvalue weighted by Crippen LogP contribution is 2.19. The van der Waals surface area contributed by atoms with Crippen LogP contribution in [0.3, 0.4) is 0 Å². The van der Waals surface area contributed by atoms with Crippen molar-refractivity contribution in [2.75, 3.05) is 26.2 Å². The summed E-state index contributed by atoms with van der Waals surface area (Å²) in [6, 6.07) is 9.56. The smallest absolute Gasteiger partial charge is 0.253 e. The molecule has 0 unspecified atom stereocenters. The summed E-state index contributed by atoms with van der Waals surface area (Å²) in [6.07, 6.45) is 5.82. The molecular formula is C18H25ClN4O. The number of hydrogen-bond acceptors (Lipinski definition) is 3. The Labute approximate surface area is 149 Å². The third-order valence-corrected chi connectivity index (χ3v) is 4.47. The van der Waals surface area contributed by atoms with Crippen LogP contribution in [0.5, 0.6) is 0 Å². The van der Waals surface area contributed by atoms with Crippen molar-refractivity contribution in [1.29, 1.82) is 0 Å². The van der Waals surface area contributed by atoms with Crippen LogP contribution in [0.15, 0.2) is 42.7 Å². The van der Waals surface area contributed by atoms with Crippen molar-refractivity contribution >= 4 is 18.3 Å². The molecule has 6 heteroatoms. The van der Waals surface area contributed by atoms with Gasteiger partial charge in [-0.15, -0.1) is 12.4 Å². The Morgan fingerprint density at radius 2 is 1.96 bits per heavy atom. The van der Waals surface area contributed by atoms with E-state index >= 15 is 0 Å². The molecule has 5 nitrogen and oxygen atoms in total. The highest BCUT2D eigenvalue weighted by atomic mass is 35.5. The molecule has 1 aromatic carbocycles. The van der Waals surface area contributed by atoms with Gasteiger partial charge in [0.15, 0.2) is 0 Å². The lowest BCUT2D eigenvalue weighted by Crippen LogP contribution is -2.40. The molecule has 1 saturated heterocycles. The van der Waals surface area contributed by atoms with E-state index < -0.39 is 0 Å². The first-order chi connectivity index (χ1) is 11.3. The van der Waals surface area contributed by atoms with Gasteiger partial charge in [0.2, 0.25) is 0 Å². The van der Waals surface area contributed by atoms with Gasteiger partial charge >= 0.3 is 0 Å². The lowest BCUT2D eigenvalue weighted by Gasteiger charge is -2.32. The Balaban J connectivity index is 0.00000208. The van der Waals surface area contributed by atoms with Crippen molar-refractivity contribution < 1.29 is 4.79 Å². The fraction of sp³-hybridized carbons (Fsp3) is 0.444. The van der Waals surface area contributed by atoms with Crippen LogP contribution in [0.4, 0.5) is 0 Å². The van der Waals surface area contributed by atoms with Crippen LogP contribution in [0.25, 0.3) is 5.69 Å². The van der Waals surface area contributed by atoms with Crippen LogP contribution < -0.4 is 5.32 Å². The topological polar surface area (TPSA) is 50.2 Å². The van der Waals surface area contributed by atoms with E-state index in [1.807, 2.05) is 41.4 Å². The summed E-state index contributed by atoms with van der Waals surface area (Å²) in [5.41, 5.74) is 1.72. The summed E-state index contributed by atoms with van der Waals surface area (Å²) in [6.45, 7) is 5.93. The second-order valence-electron chi connectivity index (χ2n) is 6.04. The van der Waals surface area contributed by atoms with Gasteiger partial charge in [-0.2, -0.15) is 5.10 Å². The number of hydrogen-bond donors (Lipinski definition) is 1. The van der Waals surface area contributed by atoms with Gasteiger partial charge in [-0.3, -0.25) is 4.79 Å². The number of aromatic nitrogens is 2. The minimum Gasteiger partial charge on any atom is -0.339 e. The maximum atomic E-state index is 12.6. The zero-order valence-electron chi connectivity index (χ0n) is 14.0. The van der Waals surface area contributed by atoms with E-state index in [9.17, 15) is 4.79 Å². The average Bonchev–Trinajstić information content (AvgIpc) is 3.14. The predicted molar refractivity (Wildman–Crippen MR) is 98.0 cm³/mol. The Morgan fingerprint density at radius 1 is 1.25 bits per heavy atom. The van der Waals surface area contributed by atoms with Gasteiger partial charge in [0.25, 0.3) is 5.91 Å². The molecule has 1 aromatic heterocycles. The zero-order valence-corrected chi connectivity index (χ0v) is 14.8. The van der Waals surface area contributed by atoms with Crippen LogP contribution in [0, 0.1) is 5.92 Å². The highest BCUT2D eigenvalue weighted by molar-refractivity contribution is 5.94. The maximum absolute atomic E-state index is 12.6. The standard InChI is InChI=1S/C18H24N4O.ClH/c1-2-19-14-15-8-12-21(13-9-15)18(23)16-4-6-17(7-5-16)22-11-3-10-20-22;/h3-7,10-11,15,19H,2,8-9,12-14H2,1H3;1H. The molecule has 0 bridgehead atoms. The minimum absolute atomic E-state index is 0. The summed E-state index contributed by atoms with van der Waals surface area (Å²) >= 11 is 0. The number of nitrogens with one attached hydrogen (secondary N) is 1. The molecular weight excluding hydrogens is 324 g/mol. The molecule has 24 heavy (non-hydrogen) atoms. The van der Waals surface area contributed by atoms with E-state index in [4.69, 9.17) is 0 Å². The number of carbonyl (C=O) groups is 1. The normalized spacial score (nSPS) is 15.1. The van der Waals surface area contributed by atoms with Crippen molar-refractivity contribution in [2.24, 2.45) is 5.92 Å². The number of nitrogens with zero attached hydrogens (tertiary/aromatic N) is 3. The monoisotopic (exact) mass is 348 g/mol. The summed E-state index contributed by atoms with van der Waals surface area (Å²) in [5.74, 6) is 0.833. The lowest BCUT2D eigenvalue weighted by molar-refractivity contribution is 0.0690. The van der Waals surface area contributed by atoms with E-state index in [0.717, 1.165) is 50.3 Å². The third kappa shape index (κ3) is 4.36. The molecule has 1 N–H and O–H groups in total. The molecule has 0 spiro atoms. The second-order valence-corrected chi connectivity index (χ2v) is 6.04. The van der Waals surface area contributed by atoms with Crippen LogP contribution in [0.1, 0.15) is 30.1 Å². The van der Waals surface area contributed by atoms with Gasteiger partial charge in [-0.25, -0.2) is 4.68 Å². The van der Waals surface area contributed by atoms with Crippen molar-refractivity contribution in [1.82, 2.24) is 20.0 Å². The summed E-state index contributed by atoms with van der Waals surface area (Å²) < 4.78 is 1.79. The highest BCUT2D eigenvalue weighted by Gasteiger charge is 2.23. The van der Waals surface area contributed by atoms with Crippen molar-refractivity contribution in [3.63, 3.8) is 0 Å². The molecule has 130 valence electrons. The molecule has 1 aliphatic heterocycles. The fourth-order valence-electron chi connectivity index (χ4n) is 3.05. The molecule has 0 aliphatic carbocycles. The van der Waals surface area contributed by atoms with E-state index in [1.165, 1.54) is 0 Å². The van der Waals surface area contributed by atoms with Crippen molar-refractivity contribution in [3.8, 4) is 5.69 Å². The van der Waals surface area contributed by atoms with E-state index in [2.05, 4.69) is 17.3 Å². The number of piperidine rings is 1. The number of benzene rings is 1. The quantitative estimate of drug-likeness (QED) is 0.903. The van der Waals surface area contributed by atoms with Crippen LogP contribution in [-0.2, 0) is 0 Å². The van der Waals surface area contributed by atoms with Crippen LogP contribution >= 0.6 is 12.4 Å². The average molecular weight is 349 g/mol. The zero-order chi connectivity index (χ0) is 16.1. The van der Waals surface area contributed by atoms with Crippen molar-refractivity contribution in [3.05, 3.63) is 48.3 Å². The molecule has 0 atom stereocenters. The number of amides is 1. The molecule has 2 aromatic rings. The number of likely N-dealkylation sites (tertiary alicyclic amines) is 1. The lowest BCUT2D eigenvalue weighted by atomic mass is 9.96. The van der Waals surface area contributed by atoms with Gasteiger partial charge in [0, 0.05) is 31.0 Å². The third-order valence-electron chi connectivity index (χ3n) is 4.47. The Morgan fingerprint density at radius 3 is 2.54 bits per heavy atom. The molecule has 3 rings (SSSR count). The van der Waals surface area contributed by atoms with Crippen LogP contribution in [-0.4, -0.2) is 46.8 Å². The molecule has 1 aliphatic rings. The molecule has 0 saturated carbocycles. The largest absolute Gasteiger partial charge is 0.339 e. The number of carbonyl (C=O) groups excluding carboxylic acids is 1. The Bertz CT molecular complexity index is 619. The van der Waals surface area contributed by atoms with Crippen LogP contribution in [0.2, 0.25) is 0 Å². The number of rotatable bonds is 5. The minimum atomic E-state index is 0. The summed E-state index contributed by atoms with van der Waals surface area (Å²) in [7, 11) is 0. The second kappa shape index (κ2) is 8.85. The number of halogens is 1. The molecule has 1 amide bonds. The molecule has 1 fully saturated rings. The first-order valence-electron chi connectivity index (χ1n) is 8.38. The van der Waals surface area contributed by atoms with E-state index in [1.54, 1.807) is 10.9 Å². The first-order valence-corrected chi connectivity index (χ1v) is 8.38. The van der Waals surface area contributed by atoms with Gasteiger partial charge in [-0.1, -0.05) is 6.92 Å². The van der Waals surface area contributed by atoms with E-state index in [0.29, 0.717) is 5.92 Å². The first kappa shape index (κ1) is 18.5. The van der Waals surface area contributed by atoms with Gasteiger partial charge < -0.3 is 10.2 Å². The molecule has 2 heterocycles. The van der Waals surface area contributed by atoms with Gasteiger partial charge in [0.1, 0.15) is 0 Å². The Hall–Kier alpha value is -1.85. The SMILES string of the molecule is CCNCC1CCN(C(=O)c2ccc(-n3cccn3)cc2)CC1.Cl. The molecule has 0 radical (unpaired) electrons. The summed E-state index contributed by atoms with van der Waals surface area (Å²) in [4.78, 5) is 14.6. The van der Waals surface area contributed by atoms with Gasteiger partial charge in [0.05, 0.1) is 5.69 Å². The Kier molecular flexibility index (Phi) is 6.82. The van der Waals surface area contributed by atoms with E-state index in [-0.39, 0.29) is 18.3 Å². The predicted octanol–water partition coefficient (Wildman–Crippen LogP) is 2.76. The van der Waals surface area contributed by atoms with Gasteiger partial charge in [-0.05, 0) is 62.2 Å². The fourth-order valence-corrected chi connectivity index (χ4v) is 3.05. The maximum Gasteiger partial charge on any atom is 0.253 e. The van der Waals surface area contributed by atoms with Crippen molar-refractivity contribution in [2.45, 2.75) is 19.8 Å².